The summed E-state index contributed by atoms with van der Waals surface area (Å²) in [5.41, 5.74) is 0.669. The normalized spacial score (nSPS) is 11.7. The van der Waals surface area contributed by atoms with Gasteiger partial charge in [-0.15, -0.1) is 0 Å². The van der Waals surface area contributed by atoms with Crippen LogP contribution in [0.25, 0.3) is 0 Å². The minimum Gasteiger partial charge on any atom is -0.480 e. The van der Waals surface area contributed by atoms with Crippen molar-refractivity contribution in [3.05, 3.63) is 24.3 Å². The second-order valence-corrected chi connectivity index (χ2v) is 4.14. The molecule has 0 aromatic carbocycles. The topological polar surface area (TPSA) is 95.4 Å². The van der Waals surface area contributed by atoms with E-state index in [2.05, 4.69) is 15.3 Å². The molecule has 0 aliphatic heterocycles. The van der Waals surface area contributed by atoms with Crippen molar-refractivity contribution in [3.63, 3.8) is 0 Å². The van der Waals surface area contributed by atoms with Crippen LogP contribution < -0.4 is 5.32 Å². The number of rotatable bonds is 6. The minimum atomic E-state index is -1.03. The van der Waals surface area contributed by atoms with Gasteiger partial charge in [-0.3, -0.25) is 4.79 Å². The van der Waals surface area contributed by atoms with Gasteiger partial charge in [0.1, 0.15) is 12.9 Å². The van der Waals surface area contributed by atoms with Crippen LogP contribution in [0.1, 0.15) is 26.0 Å². The zero-order valence-corrected chi connectivity index (χ0v) is 11.0. The van der Waals surface area contributed by atoms with Crippen LogP contribution in [0, 0.1) is 0 Å². The van der Waals surface area contributed by atoms with E-state index in [1.807, 2.05) is 13.8 Å². The summed E-state index contributed by atoms with van der Waals surface area (Å²) in [5, 5.41) is 11.5. The number of nitrogens with one attached hydrogen (secondary N) is 1. The number of carboxylic acids is 1. The molecule has 19 heavy (non-hydrogen) atoms. The number of carbonyl (C=O) groups excluding carboxylic acids is 1. The average molecular weight is 266 g/mol. The zero-order valence-electron chi connectivity index (χ0n) is 11.0. The highest BCUT2D eigenvalue weighted by Crippen LogP contribution is 2.04. The van der Waals surface area contributed by atoms with Gasteiger partial charge >= 0.3 is 12.0 Å². The summed E-state index contributed by atoms with van der Waals surface area (Å²) in [4.78, 5) is 31.8. The number of urea groups is 1. The summed E-state index contributed by atoms with van der Waals surface area (Å²) in [6.07, 6.45) is 3.66. The SMILES string of the molecule is CCC(C)N(CC(=O)O)C(=O)NCc1ccncn1. The number of carbonyl (C=O) groups is 2. The van der Waals surface area contributed by atoms with Crippen molar-refractivity contribution < 1.29 is 14.7 Å². The fourth-order valence-electron chi connectivity index (χ4n) is 1.48. The van der Waals surface area contributed by atoms with E-state index in [9.17, 15) is 9.59 Å². The van der Waals surface area contributed by atoms with Gasteiger partial charge in [0.15, 0.2) is 0 Å². The molecule has 0 aliphatic rings. The molecular weight excluding hydrogens is 248 g/mol. The molecule has 0 fully saturated rings. The van der Waals surface area contributed by atoms with Crippen molar-refractivity contribution in [1.82, 2.24) is 20.2 Å². The molecule has 1 rings (SSSR count). The smallest absolute Gasteiger partial charge is 0.323 e. The van der Waals surface area contributed by atoms with E-state index in [1.165, 1.54) is 11.2 Å². The van der Waals surface area contributed by atoms with Gasteiger partial charge in [-0.1, -0.05) is 6.92 Å². The molecule has 0 bridgehead atoms. The molecule has 1 aromatic rings. The maximum atomic E-state index is 12.0. The summed E-state index contributed by atoms with van der Waals surface area (Å²) in [7, 11) is 0. The first-order chi connectivity index (χ1) is 9.04. The Morgan fingerprint density at radius 2 is 2.26 bits per heavy atom. The Hall–Kier alpha value is -2.18. The van der Waals surface area contributed by atoms with Crippen LogP contribution in [0.2, 0.25) is 0 Å². The molecule has 2 amide bonds. The van der Waals surface area contributed by atoms with Gasteiger partial charge in [0.25, 0.3) is 0 Å². The second-order valence-electron chi connectivity index (χ2n) is 4.14. The highest BCUT2D eigenvalue weighted by atomic mass is 16.4. The lowest BCUT2D eigenvalue weighted by Gasteiger charge is -2.26. The Kier molecular flexibility index (Phi) is 5.72. The molecule has 1 heterocycles. The highest BCUT2D eigenvalue weighted by Gasteiger charge is 2.21. The Morgan fingerprint density at radius 1 is 1.53 bits per heavy atom. The number of hydrogen-bond acceptors (Lipinski definition) is 4. The lowest BCUT2D eigenvalue weighted by atomic mass is 10.2. The molecule has 0 saturated carbocycles. The van der Waals surface area contributed by atoms with Crippen molar-refractivity contribution in [3.8, 4) is 0 Å². The van der Waals surface area contributed by atoms with Crippen LogP contribution in [0.3, 0.4) is 0 Å². The number of amides is 2. The van der Waals surface area contributed by atoms with E-state index in [1.54, 1.807) is 12.3 Å². The third-order valence-electron chi connectivity index (χ3n) is 2.75. The first-order valence-electron chi connectivity index (χ1n) is 6.05. The number of aromatic nitrogens is 2. The Balaban J connectivity index is 2.59. The van der Waals surface area contributed by atoms with Gasteiger partial charge in [0.2, 0.25) is 0 Å². The van der Waals surface area contributed by atoms with Gasteiger partial charge < -0.3 is 15.3 Å². The predicted molar refractivity (Wildman–Crippen MR) is 68.4 cm³/mol. The molecule has 0 aliphatic carbocycles. The lowest BCUT2D eigenvalue weighted by Crippen LogP contribution is -2.47. The number of nitrogens with zero attached hydrogens (tertiary/aromatic N) is 3. The molecule has 1 atom stereocenters. The van der Waals surface area contributed by atoms with Gasteiger partial charge in [-0.25, -0.2) is 14.8 Å². The molecule has 0 spiro atoms. The Morgan fingerprint density at radius 3 is 2.79 bits per heavy atom. The fraction of sp³-hybridized carbons (Fsp3) is 0.500. The first kappa shape index (κ1) is 14.9. The third-order valence-corrected chi connectivity index (χ3v) is 2.75. The minimum absolute atomic E-state index is 0.138. The summed E-state index contributed by atoms with van der Waals surface area (Å²) in [6, 6.07) is 1.14. The van der Waals surface area contributed by atoms with Gasteiger partial charge in [-0.05, 0) is 19.4 Å². The maximum Gasteiger partial charge on any atom is 0.323 e. The van der Waals surface area contributed by atoms with Crippen LogP contribution in [0.15, 0.2) is 18.6 Å². The van der Waals surface area contributed by atoms with Gasteiger partial charge in [0, 0.05) is 12.2 Å². The molecule has 2 N–H and O–H groups in total. The molecule has 0 saturated heterocycles. The molecule has 1 unspecified atom stereocenters. The number of aliphatic carboxylic acids is 1. The van der Waals surface area contributed by atoms with Crippen molar-refractivity contribution >= 4 is 12.0 Å². The van der Waals surface area contributed by atoms with E-state index in [-0.39, 0.29) is 19.1 Å². The van der Waals surface area contributed by atoms with E-state index in [4.69, 9.17) is 5.11 Å². The Labute approximate surface area is 111 Å². The second kappa shape index (κ2) is 7.30. The van der Waals surface area contributed by atoms with E-state index >= 15 is 0 Å². The van der Waals surface area contributed by atoms with E-state index in [0.29, 0.717) is 12.1 Å². The van der Waals surface area contributed by atoms with Crippen molar-refractivity contribution in [2.24, 2.45) is 0 Å². The summed E-state index contributed by atoms with van der Waals surface area (Å²) >= 11 is 0. The van der Waals surface area contributed by atoms with Crippen molar-refractivity contribution in [2.45, 2.75) is 32.9 Å². The molecule has 0 radical (unpaired) electrons. The third kappa shape index (κ3) is 4.90. The standard InChI is InChI=1S/C12H18N4O3/c1-3-9(2)16(7-11(17)18)12(19)14-6-10-4-5-13-8-15-10/h4-5,8-9H,3,6-7H2,1-2H3,(H,14,19)(H,17,18). The van der Waals surface area contributed by atoms with Crippen LogP contribution in [0.4, 0.5) is 4.79 Å². The quantitative estimate of drug-likeness (QED) is 0.796. The van der Waals surface area contributed by atoms with Crippen LogP contribution in [-0.4, -0.2) is 44.6 Å². The molecule has 104 valence electrons. The lowest BCUT2D eigenvalue weighted by molar-refractivity contribution is -0.138. The first-order valence-corrected chi connectivity index (χ1v) is 6.05. The fourth-order valence-corrected chi connectivity index (χ4v) is 1.48. The monoisotopic (exact) mass is 266 g/mol. The van der Waals surface area contributed by atoms with Gasteiger partial charge in [0.05, 0.1) is 12.2 Å². The zero-order chi connectivity index (χ0) is 14.3. The van der Waals surface area contributed by atoms with Crippen LogP contribution in [0.5, 0.6) is 0 Å². The van der Waals surface area contributed by atoms with Crippen LogP contribution >= 0.6 is 0 Å². The highest BCUT2D eigenvalue weighted by molar-refractivity contribution is 5.80. The maximum absolute atomic E-state index is 12.0. The Bertz CT molecular complexity index is 424. The molecule has 7 heteroatoms. The summed E-state index contributed by atoms with van der Waals surface area (Å²) in [6.45, 7) is 3.64. The molecular formula is C12H18N4O3. The summed E-state index contributed by atoms with van der Waals surface area (Å²) in [5.74, 6) is -1.03. The average Bonchev–Trinajstić information content (AvgIpc) is 2.42. The van der Waals surface area contributed by atoms with Crippen molar-refractivity contribution in [1.29, 1.82) is 0 Å². The largest absolute Gasteiger partial charge is 0.480 e. The van der Waals surface area contributed by atoms with E-state index < -0.39 is 12.0 Å². The van der Waals surface area contributed by atoms with Gasteiger partial charge in [-0.2, -0.15) is 0 Å². The van der Waals surface area contributed by atoms with E-state index in [0.717, 1.165) is 0 Å². The van der Waals surface area contributed by atoms with Crippen molar-refractivity contribution in [2.75, 3.05) is 6.54 Å². The number of hydrogen-bond donors (Lipinski definition) is 2. The summed E-state index contributed by atoms with van der Waals surface area (Å²) < 4.78 is 0. The van der Waals surface area contributed by atoms with Crippen LogP contribution in [-0.2, 0) is 11.3 Å². The number of carboxylic acid groups (broad SMARTS) is 1. The predicted octanol–water partition coefficient (Wildman–Crippen LogP) is 0.871. The molecule has 1 aromatic heterocycles. The molecule has 7 nitrogen and oxygen atoms in total.